The predicted octanol–water partition coefficient (Wildman–Crippen LogP) is 2.43. The minimum Gasteiger partial charge on any atom is -0.383 e. The van der Waals surface area contributed by atoms with E-state index in [-0.39, 0.29) is 0 Å². The highest BCUT2D eigenvalue weighted by molar-refractivity contribution is 9.10. The number of halogens is 1. The summed E-state index contributed by atoms with van der Waals surface area (Å²) in [4.78, 5) is 4.22. The number of hydrogen-bond acceptors (Lipinski definition) is 3. The summed E-state index contributed by atoms with van der Waals surface area (Å²) in [6.07, 6.45) is 3.77. The van der Waals surface area contributed by atoms with E-state index in [0.717, 1.165) is 30.7 Å². The molecule has 1 heterocycles. The van der Waals surface area contributed by atoms with Crippen LogP contribution < -0.4 is 5.32 Å². The van der Waals surface area contributed by atoms with Crippen LogP contribution in [0.15, 0.2) is 41.3 Å². The summed E-state index contributed by atoms with van der Waals surface area (Å²) < 4.78 is 8.29. The molecule has 0 aliphatic rings. The van der Waals surface area contributed by atoms with Gasteiger partial charge in [0.15, 0.2) is 0 Å². The fraction of sp³-hybridized carbons (Fsp3) is 0.357. The van der Waals surface area contributed by atoms with Crippen LogP contribution in [0.25, 0.3) is 0 Å². The average molecular weight is 324 g/mol. The molecule has 0 radical (unpaired) electrons. The van der Waals surface area contributed by atoms with Gasteiger partial charge in [0, 0.05) is 37.4 Å². The van der Waals surface area contributed by atoms with E-state index in [0.29, 0.717) is 0 Å². The van der Waals surface area contributed by atoms with Crippen molar-refractivity contribution in [2.24, 2.45) is 0 Å². The maximum Gasteiger partial charge on any atom is 0.0951 e. The Morgan fingerprint density at radius 2 is 2.21 bits per heavy atom. The predicted molar refractivity (Wildman–Crippen MR) is 79.1 cm³/mol. The summed E-state index contributed by atoms with van der Waals surface area (Å²) in [5.74, 6) is 0. The zero-order valence-corrected chi connectivity index (χ0v) is 12.6. The van der Waals surface area contributed by atoms with Gasteiger partial charge in [-0.15, -0.1) is 0 Å². The highest BCUT2D eigenvalue weighted by atomic mass is 79.9. The second kappa shape index (κ2) is 7.43. The van der Waals surface area contributed by atoms with Crippen LogP contribution in [0.3, 0.4) is 0 Å². The molecule has 0 fully saturated rings. The molecule has 0 saturated heterocycles. The van der Waals surface area contributed by atoms with E-state index in [1.54, 1.807) is 7.11 Å². The number of nitrogens with one attached hydrogen (secondary N) is 1. The molecule has 102 valence electrons. The molecule has 2 rings (SSSR count). The molecule has 0 spiro atoms. The van der Waals surface area contributed by atoms with E-state index in [9.17, 15) is 0 Å². The van der Waals surface area contributed by atoms with Gasteiger partial charge in [-0.3, -0.25) is 0 Å². The van der Waals surface area contributed by atoms with Gasteiger partial charge >= 0.3 is 0 Å². The SMILES string of the molecule is COCCNCc1cncn1Cc1ccccc1Br. The molecule has 4 nitrogen and oxygen atoms in total. The van der Waals surface area contributed by atoms with Gasteiger partial charge in [-0.25, -0.2) is 4.98 Å². The summed E-state index contributed by atoms with van der Waals surface area (Å²) in [6.45, 7) is 3.19. The van der Waals surface area contributed by atoms with Gasteiger partial charge < -0.3 is 14.6 Å². The van der Waals surface area contributed by atoms with Crippen LogP contribution in [0.2, 0.25) is 0 Å². The van der Waals surface area contributed by atoms with Crippen molar-refractivity contribution in [2.75, 3.05) is 20.3 Å². The topological polar surface area (TPSA) is 39.1 Å². The average Bonchev–Trinajstić information content (AvgIpc) is 2.85. The molecule has 0 amide bonds. The number of rotatable bonds is 7. The summed E-state index contributed by atoms with van der Waals surface area (Å²) in [7, 11) is 1.71. The lowest BCUT2D eigenvalue weighted by molar-refractivity contribution is 0.199. The van der Waals surface area contributed by atoms with Crippen molar-refractivity contribution in [3.05, 3.63) is 52.5 Å². The number of benzene rings is 1. The van der Waals surface area contributed by atoms with Gasteiger partial charge in [-0.1, -0.05) is 34.1 Å². The van der Waals surface area contributed by atoms with Crippen molar-refractivity contribution in [2.45, 2.75) is 13.1 Å². The van der Waals surface area contributed by atoms with Gasteiger partial charge in [0.05, 0.1) is 18.6 Å². The lowest BCUT2D eigenvalue weighted by atomic mass is 10.2. The normalized spacial score (nSPS) is 10.8. The van der Waals surface area contributed by atoms with Crippen LogP contribution in [0, 0.1) is 0 Å². The Kier molecular flexibility index (Phi) is 5.57. The Morgan fingerprint density at radius 1 is 1.37 bits per heavy atom. The maximum absolute atomic E-state index is 5.01. The number of methoxy groups -OCH3 is 1. The molecular weight excluding hydrogens is 306 g/mol. The van der Waals surface area contributed by atoms with Gasteiger partial charge in [-0.2, -0.15) is 0 Å². The Morgan fingerprint density at radius 3 is 3.00 bits per heavy atom. The third kappa shape index (κ3) is 4.16. The highest BCUT2D eigenvalue weighted by Crippen LogP contribution is 2.17. The fourth-order valence-corrected chi connectivity index (χ4v) is 2.25. The largest absolute Gasteiger partial charge is 0.383 e. The zero-order valence-electron chi connectivity index (χ0n) is 11.0. The summed E-state index contributed by atoms with van der Waals surface area (Å²) >= 11 is 3.57. The highest BCUT2D eigenvalue weighted by Gasteiger charge is 2.04. The smallest absolute Gasteiger partial charge is 0.0951 e. The molecule has 1 aromatic heterocycles. The lowest BCUT2D eigenvalue weighted by Crippen LogP contribution is -2.20. The van der Waals surface area contributed by atoms with E-state index >= 15 is 0 Å². The lowest BCUT2D eigenvalue weighted by Gasteiger charge is -2.10. The van der Waals surface area contributed by atoms with Gasteiger partial charge in [0.1, 0.15) is 0 Å². The van der Waals surface area contributed by atoms with Crippen molar-refractivity contribution in [1.29, 1.82) is 0 Å². The Hall–Kier alpha value is -1.17. The first-order valence-corrected chi connectivity index (χ1v) is 7.02. The zero-order chi connectivity index (χ0) is 13.5. The molecular formula is C14H18BrN3O. The van der Waals surface area contributed by atoms with Crippen molar-refractivity contribution < 1.29 is 4.74 Å². The monoisotopic (exact) mass is 323 g/mol. The van der Waals surface area contributed by atoms with Crippen LogP contribution in [-0.4, -0.2) is 29.8 Å². The standard InChI is InChI=1S/C14H18BrN3O/c1-19-7-6-16-8-13-9-17-11-18(13)10-12-4-2-3-5-14(12)15/h2-5,9,11,16H,6-8,10H2,1H3. The first-order valence-electron chi connectivity index (χ1n) is 6.23. The number of imidazole rings is 1. The van der Waals surface area contributed by atoms with Crippen LogP contribution >= 0.6 is 15.9 Å². The molecule has 2 aromatic rings. The van der Waals surface area contributed by atoms with Gasteiger partial charge in [0.25, 0.3) is 0 Å². The molecule has 0 aliphatic carbocycles. The van der Waals surface area contributed by atoms with Crippen molar-refractivity contribution >= 4 is 15.9 Å². The van der Waals surface area contributed by atoms with E-state index in [4.69, 9.17) is 4.74 Å². The Bertz CT molecular complexity index is 513. The third-order valence-electron chi connectivity index (χ3n) is 2.89. The first kappa shape index (κ1) is 14.2. The van der Waals surface area contributed by atoms with Gasteiger partial charge in [-0.05, 0) is 11.6 Å². The number of nitrogens with zero attached hydrogens (tertiary/aromatic N) is 2. The molecule has 1 N–H and O–H groups in total. The van der Waals surface area contributed by atoms with Crippen molar-refractivity contribution in [1.82, 2.24) is 14.9 Å². The minimum atomic E-state index is 0.721. The fourth-order valence-electron chi connectivity index (χ4n) is 1.84. The maximum atomic E-state index is 5.01. The van der Waals surface area contributed by atoms with Crippen LogP contribution in [0.1, 0.15) is 11.3 Å². The molecule has 0 atom stereocenters. The molecule has 0 bridgehead atoms. The third-order valence-corrected chi connectivity index (χ3v) is 3.66. The molecule has 0 aliphatic heterocycles. The van der Waals surface area contributed by atoms with Crippen molar-refractivity contribution in [3.8, 4) is 0 Å². The number of hydrogen-bond donors (Lipinski definition) is 1. The Labute approximate surface area is 121 Å². The van der Waals surface area contributed by atoms with E-state index in [1.165, 1.54) is 11.3 Å². The van der Waals surface area contributed by atoms with Crippen molar-refractivity contribution in [3.63, 3.8) is 0 Å². The molecule has 5 heteroatoms. The number of ether oxygens (including phenoxy) is 1. The summed E-state index contributed by atoms with van der Waals surface area (Å²) in [6, 6.07) is 8.25. The van der Waals surface area contributed by atoms with Crippen LogP contribution in [0.4, 0.5) is 0 Å². The van der Waals surface area contributed by atoms with E-state index in [1.807, 2.05) is 24.7 Å². The quantitative estimate of drug-likeness (QED) is 0.795. The molecule has 19 heavy (non-hydrogen) atoms. The minimum absolute atomic E-state index is 0.721. The van der Waals surface area contributed by atoms with Crippen LogP contribution in [-0.2, 0) is 17.8 Å². The second-order valence-corrected chi connectivity index (χ2v) is 5.13. The Balaban J connectivity index is 1.98. The molecule has 1 aromatic carbocycles. The van der Waals surface area contributed by atoms with E-state index in [2.05, 4.69) is 42.9 Å². The first-order chi connectivity index (χ1) is 9.31. The second-order valence-electron chi connectivity index (χ2n) is 4.27. The number of aromatic nitrogens is 2. The molecule has 0 unspecified atom stereocenters. The van der Waals surface area contributed by atoms with E-state index < -0.39 is 0 Å². The molecule has 0 saturated carbocycles. The summed E-state index contributed by atoms with van der Waals surface area (Å²) in [5, 5.41) is 3.33. The summed E-state index contributed by atoms with van der Waals surface area (Å²) in [5.41, 5.74) is 2.42. The van der Waals surface area contributed by atoms with Crippen LogP contribution in [0.5, 0.6) is 0 Å². The van der Waals surface area contributed by atoms with Gasteiger partial charge in [0.2, 0.25) is 0 Å².